The number of carbonyl (C=O) groups excluding carboxylic acids is 1. The molecule has 0 saturated carbocycles. The smallest absolute Gasteiger partial charge is 0.297 e. The summed E-state index contributed by atoms with van der Waals surface area (Å²) in [5, 5.41) is 20.0. The lowest BCUT2D eigenvalue weighted by molar-refractivity contribution is 0.0970. The third kappa shape index (κ3) is 2.80. The number of hydrogen-bond acceptors (Lipinski definition) is 7. The maximum absolute atomic E-state index is 13.4. The lowest BCUT2D eigenvalue weighted by Gasteiger charge is -2.22. The molecule has 0 aliphatic carbocycles. The predicted molar refractivity (Wildman–Crippen MR) is 113 cm³/mol. The fraction of sp³-hybridized carbons (Fsp3) is 0.182. The van der Waals surface area contributed by atoms with Crippen LogP contribution in [0.3, 0.4) is 0 Å². The highest BCUT2D eigenvalue weighted by Gasteiger charge is 2.45. The highest BCUT2D eigenvalue weighted by molar-refractivity contribution is 7.15. The second-order valence-electron chi connectivity index (χ2n) is 7.07. The minimum Gasteiger partial charge on any atom is -0.508 e. The molecule has 1 amide bonds. The number of aromatic nitrogens is 2. The van der Waals surface area contributed by atoms with Crippen LogP contribution in [0.25, 0.3) is 11.0 Å². The molecule has 5 rings (SSSR count). The van der Waals surface area contributed by atoms with Gasteiger partial charge in [-0.05, 0) is 36.2 Å². The largest absolute Gasteiger partial charge is 0.508 e. The Morgan fingerprint density at radius 3 is 2.77 bits per heavy atom. The van der Waals surface area contributed by atoms with Gasteiger partial charge in [0.25, 0.3) is 5.91 Å². The number of benzene rings is 2. The number of aryl methyl sites for hydroxylation is 1. The van der Waals surface area contributed by atoms with Crippen molar-refractivity contribution in [1.82, 2.24) is 10.2 Å². The molecule has 8 heteroatoms. The molecule has 1 aliphatic heterocycles. The summed E-state index contributed by atoms with van der Waals surface area (Å²) in [6.07, 6.45) is 1.66. The number of amides is 1. The minimum atomic E-state index is -0.761. The van der Waals surface area contributed by atoms with Crippen LogP contribution in [-0.4, -0.2) is 21.2 Å². The van der Waals surface area contributed by atoms with Crippen LogP contribution in [0.2, 0.25) is 0 Å². The van der Waals surface area contributed by atoms with Crippen molar-refractivity contribution >= 4 is 33.3 Å². The van der Waals surface area contributed by atoms with E-state index in [0.29, 0.717) is 21.7 Å². The van der Waals surface area contributed by atoms with Crippen molar-refractivity contribution in [3.8, 4) is 5.75 Å². The fourth-order valence-electron chi connectivity index (χ4n) is 3.78. The number of hydrogen-bond donors (Lipinski definition) is 1. The third-order valence-electron chi connectivity index (χ3n) is 5.09. The van der Waals surface area contributed by atoms with E-state index < -0.39 is 11.9 Å². The summed E-state index contributed by atoms with van der Waals surface area (Å²) in [6, 6.07) is 12.6. The van der Waals surface area contributed by atoms with Gasteiger partial charge in [0, 0.05) is 6.42 Å². The quantitative estimate of drug-likeness (QED) is 0.536. The Bertz CT molecular complexity index is 1340. The maximum atomic E-state index is 13.4. The van der Waals surface area contributed by atoms with Gasteiger partial charge in [-0.1, -0.05) is 42.5 Å². The van der Waals surface area contributed by atoms with Gasteiger partial charge in [-0.3, -0.25) is 14.5 Å². The molecule has 0 radical (unpaired) electrons. The highest BCUT2D eigenvalue weighted by atomic mass is 32.1. The molecule has 0 unspecified atom stereocenters. The van der Waals surface area contributed by atoms with Crippen molar-refractivity contribution in [1.29, 1.82) is 0 Å². The van der Waals surface area contributed by atoms with Crippen LogP contribution in [0.15, 0.2) is 57.7 Å². The number of anilines is 1. The standard InChI is InChI=1S/C22H17N3O4S/c1-2-6-16-23-24-22(30-16)25-18(12-7-5-8-13(26)11-12)17-19(27)14-9-3-4-10-15(14)29-20(17)21(25)28/h3-5,7-11,18,26H,2,6H2,1H3/t18-/m1/s1. The summed E-state index contributed by atoms with van der Waals surface area (Å²) in [5.41, 5.74) is 0.929. The van der Waals surface area contributed by atoms with E-state index in [1.165, 1.54) is 16.2 Å². The molecule has 1 aliphatic rings. The summed E-state index contributed by atoms with van der Waals surface area (Å²) in [4.78, 5) is 28.2. The van der Waals surface area contributed by atoms with Crippen molar-refractivity contribution in [3.05, 3.63) is 80.6 Å². The summed E-state index contributed by atoms with van der Waals surface area (Å²) in [6.45, 7) is 2.04. The Morgan fingerprint density at radius 1 is 1.13 bits per heavy atom. The van der Waals surface area contributed by atoms with Gasteiger partial charge in [-0.15, -0.1) is 10.2 Å². The van der Waals surface area contributed by atoms with Gasteiger partial charge in [-0.25, -0.2) is 0 Å². The van der Waals surface area contributed by atoms with E-state index in [1.54, 1.807) is 48.5 Å². The van der Waals surface area contributed by atoms with E-state index >= 15 is 0 Å². The van der Waals surface area contributed by atoms with Crippen LogP contribution in [0, 0.1) is 0 Å². The second kappa shape index (κ2) is 7.07. The first-order valence-electron chi connectivity index (χ1n) is 9.59. The first kappa shape index (κ1) is 18.5. The molecule has 0 fully saturated rings. The highest BCUT2D eigenvalue weighted by Crippen LogP contribution is 2.42. The monoisotopic (exact) mass is 419 g/mol. The first-order chi connectivity index (χ1) is 14.6. The Morgan fingerprint density at radius 2 is 1.97 bits per heavy atom. The van der Waals surface area contributed by atoms with Crippen molar-refractivity contribution in [2.45, 2.75) is 25.8 Å². The summed E-state index contributed by atoms with van der Waals surface area (Å²) in [5.74, 6) is -0.401. The van der Waals surface area contributed by atoms with Gasteiger partial charge >= 0.3 is 0 Å². The lowest BCUT2D eigenvalue weighted by Crippen LogP contribution is -2.29. The van der Waals surface area contributed by atoms with Gasteiger partial charge in [-0.2, -0.15) is 0 Å². The van der Waals surface area contributed by atoms with E-state index in [4.69, 9.17) is 4.42 Å². The lowest BCUT2D eigenvalue weighted by atomic mass is 9.98. The van der Waals surface area contributed by atoms with Crippen LogP contribution in [0.1, 0.15) is 46.1 Å². The van der Waals surface area contributed by atoms with Crippen LogP contribution in [0.5, 0.6) is 5.75 Å². The number of nitrogens with zero attached hydrogens (tertiary/aromatic N) is 3. The number of phenolic OH excluding ortho intramolecular Hbond substituents is 1. The summed E-state index contributed by atoms with van der Waals surface area (Å²) < 4.78 is 5.89. The molecule has 1 atom stereocenters. The Balaban J connectivity index is 1.77. The summed E-state index contributed by atoms with van der Waals surface area (Å²) in [7, 11) is 0. The van der Waals surface area contributed by atoms with Crippen LogP contribution < -0.4 is 10.3 Å². The molecule has 0 saturated heterocycles. The molecule has 0 bridgehead atoms. The van der Waals surface area contributed by atoms with Crippen molar-refractivity contribution in [2.24, 2.45) is 0 Å². The average molecular weight is 419 g/mol. The molecular weight excluding hydrogens is 402 g/mol. The predicted octanol–water partition coefficient (Wildman–Crippen LogP) is 4.05. The Kier molecular flexibility index (Phi) is 4.36. The zero-order valence-corrected chi connectivity index (χ0v) is 16.8. The van der Waals surface area contributed by atoms with Gasteiger partial charge in [0.2, 0.25) is 10.9 Å². The molecular formula is C22H17N3O4S. The molecule has 2 aromatic carbocycles. The topological polar surface area (TPSA) is 96.5 Å². The maximum Gasteiger partial charge on any atom is 0.297 e. The van der Waals surface area contributed by atoms with E-state index in [-0.39, 0.29) is 22.5 Å². The van der Waals surface area contributed by atoms with E-state index in [9.17, 15) is 14.7 Å². The SMILES string of the molecule is CCCc1nnc(N2C(=O)c3oc4ccccc4c(=O)c3[C@H]2c2cccc(O)c2)s1. The zero-order valence-electron chi connectivity index (χ0n) is 16.0. The van der Waals surface area contributed by atoms with Crippen molar-refractivity contribution < 1.29 is 14.3 Å². The number of aromatic hydroxyl groups is 1. The minimum absolute atomic E-state index is 0.000663. The van der Waals surface area contributed by atoms with Crippen LogP contribution in [0.4, 0.5) is 5.13 Å². The molecule has 4 aromatic rings. The molecule has 2 aromatic heterocycles. The van der Waals surface area contributed by atoms with Crippen molar-refractivity contribution in [3.63, 3.8) is 0 Å². The van der Waals surface area contributed by atoms with Crippen LogP contribution >= 0.6 is 11.3 Å². The Hall–Kier alpha value is -3.52. The van der Waals surface area contributed by atoms with Crippen molar-refractivity contribution in [2.75, 3.05) is 4.90 Å². The third-order valence-corrected chi connectivity index (χ3v) is 6.07. The normalized spacial score (nSPS) is 15.7. The second-order valence-corrected chi connectivity index (χ2v) is 8.11. The molecule has 3 heterocycles. The molecule has 1 N–H and O–H groups in total. The van der Waals surface area contributed by atoms with Crippen LogP contribution in [-0.2, 0) is 6.42 Å². The van der Waals surface area contributed by atoms with E-state index in [2.05, 4.69) is 10.2 Å². The zero-order chi connectivity index (χ0) is 20.8. The molecule has 7 nitrogen and oxygen atoms in total. The average Bonchev–Trinajstić information content (AvgIpc) is 3.31. The molecule has 0 spiro atoms. The van der Waals surface area contributed by atoms with Gasteiger partial charge in [0.05, 0.1) is 17.0 Å². The Labute approximate surface area is 175 Å². The number of carbonyl (C=O) groups is 1. The number of rotatable bonds is 4. The van der Waals surface area contributed by atoms with E-state index in [1.807, 2.05) is 6.92 Å². The van der Waals surface area contributed by atoms with Gasteiger partial charge in [0.15, 0.2) is 5.43 Å². The molecule has 30 heavy (non-hydrogen) atoms. The first-order valence-corrected chi connectivity index (χ1v) is 10.4. The number of phenols is 1. The van der Waals surface area contributed by atoms with E-state index in [0.717, 1.165) is 17.8 Å². The van der Waals surface area contributed by atoms with Gasteiger partial charge in [0.1, 0.15) is 16.3 Å². The fourth-order valence-corrected chi connectivity index (χ4v) is 4.75. The number of para-hydroxylation sites is 1. The number of fused-ring (bicyclic) bond motifs is 2. The molecule has 150 valence electrons. The summed E-state index contributed by atoms with van der Waals surface area (Å²) >= 11 is 1.32. The van der Waals surface area contributed by atoms with Gasteiger partial charge < -0.3 is 9.52 Å².